The lowest BCUT2D eigenvalue weighted by molar-refractivity contribution is -0.143. The van der Waals surface area contributed by atoms with Crippen LogP contribution < -0.4 is 4.74 Å². The van der Waals surface area contributed by atoms with Crippen LogP contribution in [0.1, 0.15) is 54.2 Å². The zero-order valence-electron chi connectivity index (χ0n) is 19.7. The van der Waals surface area contributed by atoms with E-state index in [1.54, 1.807) is 0 Å². The van der Waals surface area contributed by atoms with E-state index < -0.39 is 11.9 Å². The van der Waals surface area contributed by atoms with Gasteiger partial charge in [0, 0.05) is 29.2 Å². The Balaban J connectivity index is 1.52. The van der Waals surface area contributed by atoms with Crippen molar-refractivity contribution in [3.05, 3.63) is 87.9 Å². The summed E-state index contributed by atoms with van der Waals surface area (Å²) in [5.74, 6) is 0.346. The number of hydrogen-bond donors (Lipinski definition) is 1. The lowest BCUT2D eigenvalue weighted by Gasteiger charge is -2.28. The van der Waals surface area contributed by atoms with Gasteiger partial charge in [0.05, 0.1) is 22.6 Å². The highest BCUT2D eigenvalue weighted by Gasteiger charge is 2.35. The highest BCUT2D eigenvalue weighted by molar-refractivity contribution is 9.10. The first-order valence-corrected chi connectivity index (χ1v) is 12.8. The first-order chi connectivity index (χ1) is 17.0. The van der Waals surface area contributed by atoms with E-state index in [1.807, 2.05) is 55.6 Å². The first kappa shape index (κ1) is 23.5. The molecule has 7 heteroatoms. The lowest BCUT2D eigenvalue weighted by Crippen LogP contribution is -2.27. The number of hydrogen-bond acceptors (Lipinski definition) is 4. The minimum Gasteiger partial charge on any atom is -0.487 e. The summed E-state index contributed by atoms with van der Waals surface area (Å²) in [4.78, 5) is 21.5. The molecule has 2 atom stereocenters. The summed E-state index contributed by atoms with van der Waals surface area (Å²) in [6, 6.07) is 18.1. The van der Waals surface area contributed by atoms with Crippen molar-refractivity contribution in [2.24, 2.45) is 5.92 Å². The van der Waals surface area contributed by atoms with E-state index in [9.17, 15) is 9.90 Å². The van der Waals surface area contributed by atoms with Crippen LogP contribution in [0.5, 0.6) is 5.75 Å². The Kier molecular flexibility index (Phi) is 6.86. The topological polar surface area (TPSA) is 77.2 Å². The SMILES string of the molecule is Cc1ccc(COc2ccc3nc([C@H]4CCCC[C@H]4C(=O)O)n(Cc4ccc(Br)cc4)c3c2)nc1. The molecule has 0 unspecified atom stereocenters. The summed E-state index contributed by atoms with van der Waals surface area (Å²) in [6.07, 6.45) is 5.34. The third-order valence-electron chi connectivity index (χ3n) is 6.78. The fourth-order valence-electron chi connectivity index (χ4n) is 4.91. The molecule has 2 aromatic heterocycles. The molecule has 5 rings (SSSR count). The molecule has 6 nitrogen and oxygen atoms in total. The molecule has 2 aromatic carbocycles. The van der Waals surface area contributed by atoms with E-state index >= 15 is 0 Å². The number of nitrogens with zero attached hydrogens (tertiary/aromatic N) is 3. The van der Waals surface area contributed by atoms with Gasteiger partial charge in [-0.1, -0.05) is 47.0 Å². The average molecular weight is 534 g/mol. The van der Waals surface area contributed by atoms with Crippen LogP contribution in [0.3, 0.4) is 0 Å². The normalized spacial score (nSPS) is 18.0. The molecule has 0 aliphatic heterocycles. The number of aryl methyl sites for hydroxylation is 1. The zero-order chi connectivity index (χ0) is 24.4. The minimum atomic E-state index is -0.730. The first-order valence-electron chi connectivity index (χ1n) is 12.0. The van der Waals surface area contributed by atoms with Crippen molar-refractivity contribution in [2.75, 3.05) is 0 Å². The van der Waals surface area contributed by atoms with Gasteiger partial charge in [0.15, 0.2) is 0 Å². The summed E-state index contributed by atoms with van der Waals surface area (Å²) in [5.41, 5.74) is 4.92. The van der Waals surface area contributed by atoms with Gasteiger partial charge in [-0.3, -0.25) is 9.78 Å². The summed E-state index contributed by atoms with van der Waals surface area (Å²) in [5, 5.41) is 9.93. The fourth-order valence-corrected chi connectivity index (χ4v) is 5.17. The van der Waals surface area contributed by atoms with Crippen LogP contribution in [0.15, 0.2) is 65.3 Å². The molecule has 1 aliphatic rings. The number of halogens is 1. The van der Waals surface area contributed by atoms with Crippen molar-refractivity contribution in [3.63, 3.8) is 0 Å². The number of aliphatic carboxylic acids is 1. The van der Waals surface area contributed by atoms with Crippen molar-refractivity contribution in [2.45, 2.75) is 51.7 Å². The number of pyridine rings is 1. The third kappa shape index (κ3) is 5.25. The Morgan fingerprint density at radius 3 is 2.66 bits per heavy atom. The van der Waals surface area contributed by atoms with Crippen LogP contribution in [0.25, 0.3) is 11.0 Å². The molecule has 0 saturated heterocycles. The van der Waals surface area contributed by atoms with Gasteiger partial charge in [-0.15, -0.1) is 0 Å². The van der Waals surface area contributed by atoms with Crippen LogP contribution in [0.2, 0.25) is 0 Å². The predicted octanol–water partition coefficient (Wildman–Crippen LogP) is 6.49. The van der Waals surface area contributed by atoms with Gasteiger partial charge < -0.3 is 14.4 Å². The number of ether oxygens (including phenoxy) is 1. The van der Waals surface area contributed by atoms with E-state index in [-0.39, 0.29) is 5.92 Å². The van der Waals surface area contributed by atoms with Gasteiger partial charge in [0.2, 0.25) is 0 Å². The molecule has 0 amide bonds. The van der Waals surface area contributed by atoms with Gasteiger partial charge in [0.25, 0.3) is 0 Å². The molecule has 4 aromatic rings. The van der Waals surface area contributed by atoms with Crippen molar-refractivity contribution >= 4 is 32.9 Å². The number of imidazole rings is 1. The molecule has 2 heterocycles. The van der Waals surface area contributed by atoms with Crippen LogP contribution in [-0.4, -0.2) is 25.6 Å². The van der Waals surface area contributed by atoms with Crippen molar-refractivity contribution in [1.29, 1.82) is 0 Å². The molecule has 0 bridgehead atoms. The maximum atomic E-state index is 12.1. The molecular formula is C28H28BrN3O3. The summed E-state index contributed by atoms with van der Waals surface area (Å²) in [7, 11) is 0. The Bertz CT molecular complexity index is 1330. The summed E-state index contributed by atoms with van der Waals surface area (Å²) < 4.78 is 9.28. The predicted molar refractivity (Wildman–Crippen MR) is 139 cm³/mol. The number of carboxylic acid groups (broad SMARTS) is 1. The third-order valence-corrected chi connectivity index (χ3v) is 7.31. The van der Waals surface area contributed by atoms with E-state index in [0.29, 0.717) is 19.6 Å². The zero-order valence-corrected chi connectivity index (χ0v) is 21.2. The quantitative estimate of drug-likeness (QED) is 0.293. The van der Waals surface area contributed by atoms with Gasteiger partial charge in [-0.2, -0.15) is 0 Å². The van der Waals surface area contributed by atoms with Crippen molar-refractivity contribution < 1.29 is 14.6 Å². The second-order valence-electron chi connectivity index (χ2n) is 9.28. The van der Waals surface area contributed by atoms with Gasteiger partial charge in [0.1, 0.15) is 18.2 Å². The minimum absolute atomic E-state index is 0.106. The number of benzene rings is 2. The lowest BCUT2D eigenvalue weighted by atomic mass is 9.78. The highest BCUT2D eigenvalue weighted by atomic mass is 79.9. The fraction of sp³-hybridized carbons (Fsp3) is 0.321. The number of aromatic nitrogens is 3. The van der Waals surface area contributed by atoms with Crippen LogP contribution in [-0.2, 0) is 17.9 Å². The molecule has 1 N–H and O–H groups in total. The van der Waals surface area contributed by atoms with Crippen LogP contribution >= 0.6 is 15.9 Å². The largest absolute Gasteiger partial charge is 0.487 e. The Morgan fingerprint density at radius 2 is 1.91 bits per heavy atom. The second kappa shape index (κ2) is 10.2. The monoisotopic (exact) mass is 533 g/mol. The summed E-state index contributed by atoms with van der Waals surface area (Å²) >= 11 is 3.51. The van der Waals surface area contributed by atoms with Gasteiger partial charge in [-0.25, -0.2) is 4.98 Å². The second-order valence-corrected chi connectivity index (χ2v) is 10.2. The van der Waals surface area contributed by atoms with Gasteiger partial charge in [-0.05, 0) is 61.2 Å². The number of rotatable bonds is 7. The molecule has 1 fully saturated rings. The smallest absolute Gasteiger partial charge is 0.307 e. The molecular weight excluding hydrogens is 506 g/mol. The number of fused-ring (bicyclic) bond motifs is 1. The average Bonchev–Trinajstić information content (AvgIpc) is 3.22. The van der Waals surface area contributed by atoms with Crippen LogP contribution in [0.4, 0.5) is 0 Å². The van der Waals surface area contributed by atoms with Crippen molar-refractivity contribution in [3.8, 4) is 5.75 Å². The number of carboxylic acids is 1. The van der Waals surface area contributed by atoms with E-state index in [0.717, 1.165) is 63.2 Å². The van der Waals surface area contributed by atoms with E-state index in [1.165, 1.54) is 0 Å². The molecule has 1 saturated carbocycles. The molecule has 180 valence electrons. The Hall–Kier alpha value is -3.19. The van der Waals surface area contributed by atoms with Gasteiger partial charge >= 0.3 is 5.97 Å². The number of carbonyl (C=O) groups is 1. The molecule has 35 heavy (non-hydrogen) atoms. The summed E-state index contributed by atoms with van der Waals surface area (Å²) in [6.45, 7) is 3.01. The Morgan fingerprint density at radius 1 is 1.11 bits per heavy atom. The Labute approximate surface area is 213 Å². The van der Waals surface area contributed by atoms with E-state index in [4.69, 9.17) is 9.72 Å². The highest BCUT2D eigenvalue weighted by Crippen LogP contribution is 2.39. The maximum absolute atomic E-state index is 12.1. The molecule has 0 spiro atoms. The van der Waals surface area contributed by atoms with Crippen molar-refractivity contribution in [1.82, 2.24) is 14.5 Å². The standard InChI is InChI=1S/C28H28BrN3O3/c1-18-6-11-21(30-15-18)17-35-22-12-13-25-26(14-22)32(16-19-7-9-20(29)10-8-19)27(31-25)23-4-2-3-5-24(23)28(33)34/h6-15,23-24H,2-5,16-17H2,1H3,(H,33,34)/t23-,24+/m0/s1. The molecule has 0 radical (unpaired) electrons. The van der Waals surface area contributed by atoms with E-state index in [2.05, 4.69) is 37.6 Å². The van der Waals surface area contributed by atoms with Crippen LogP contribution in [0, 0.1) is 12.8 Å². The molecule has 1 aliphatic carbocycles. The maximum Gasteiger partial charge on any atom is 0.307 e.